The standard InChI is InChI=1S/C22H18ClF3N4O5S/c23-16-4-6-17(7-5-16)28-21(31)29(19-3-1-2-15(14-19)22(24,25)26)13-12-27-36(34,35)20-10-8-18(9-11-20)30(32)33/h1-11,14,27H,12-13H2,(H,28,31). The number of carbonyl (C=O) groups is 1. The zero-order valence-electron chi connectivity index (χ0n) is 18.2. The largest absolute Gasteiger partial charge is 0.416 e. The SMILES string of the molecule is O=C(Nc1ccc(Cl)cc1)N(CCNS(=O)(=O)c1ccc([N+](=O)[O-])cc1)c1cccc(C(F)(F)F)c1. The van der Waals surface area contributed by atoms with E-state index in [0.29, 0.717) is 10.7 Å². The van der Waals surface area contributed by atoms with Crippen molar-refractivity contribution in [1.82, 2.24) is 4.72 Å². The number of amides is 2. The van der Waals surface area contributed by atoms with E-state index in [2.05, 4.69) is 10.0 Å². The number of nitro benzene ring substituents is 1. The van der Waals surface area contributed by atoms with Crippen LogP contribution in [0.2, 0.25) is 5.02 Å². The fourth-order valence-electron chi connectivity index (χ4n) is 3.04. The molecule has 0 spiro atoms. The molecule has 2 amide bonds. The molecule has 0 aliphatic rings. The molecular weight excluding hydrogens is 525 g/mol. The number of anilines is 2. The van der Waals surface area contributed by atoms with Crippen LogP contribution in [0.3, 0.4) is 0 Å². The molecule has 0 atom stereocenters. The van der Waals surface area contributed by atoms with Crippen LogP contribution in [0.15, 0.2) is 77.7 Å². The number of urea groups is 1. The lowest BCUT2D eigenvalue weighted by Gasteiger charge is -2.24. The molecule has 0 bridgehead atoms. The fourth-order valence-corrected chi connectivity index (χ4v) is 4.19. The van der Waals surface area contributed by atoms with Gasteiger partial charge >= 0.3 is 12.2 Å². The lowest BCUT2D eigenvalue weighted by molar-refractivity contribution is -0.384. The molecular formula is C22H18ClF3N4O5S. The predicted octanol–water partition coefficient (Wildman–Crippen LogP) is 5.28. The number of nitro groups is 1. The van der Waals surface area contributed by atoms with E-state index in [1.807, 2.05) is 0 Å². The molecule has 3 aromatic carbocycles. The topological polar surface area (TPSA) is 122 Å². The van der Waals surface area contributed by atoms with E-state index >= 15 is 0 Å². The summed E-state index contributed by atoms with van der Waals surface area (Å²) in [5, 5.41) is 13.7. The van der Waals surface area contributed by atoms with Gasteiger partial charge in [0.15, 0.2) is 0 Å². The van der Waals surface area contributed by atoms with Crippen LogP contribution in [0.4, 0.5) is 35.0 Å². The minimum Gasteiger partial charge on any atom is -0.308 e. The van der Waals surface area contributed by atoms with E-state index in [4.69, 9.17) is 11.6 Å². The summed E-state index contributed by atoms with van der Waals surface area (Å²) < 4.78 is 67.0. The third kappa shape index (κ3) is 6.93. The maximum absolute atomic E-state index is 13.2. The van der Waals surface area contributed by atoms with Crippen molar-refractivity contribution in [2.45, 2.75) is 11.1 Å². The molecule has 0 saturated carbocycles. The van der Waals surface area contributed by atoms with Crippen molar-refractivity contribution in [3.63, 3.8) is 0 Å². The van der Waals surface area contributed by atoms with Gasteiger partial charge in [0.25, 0.3) is 5.69 Å². The van der Waals surface area contributed by atoms with Gasteiger partial charge in [0, 0.05) is 41.6 Å². The highest BCUT2D eigenvalue weighted by atomic mass is 35.5. The van der Waals surface area contributed by atoms with E-state index in [1.54, 1.807) is 0 Å². The van der Waals surface area contributed by atoms with Gasteiger partial charge in [-0.15, -0.1) is 0 Å². The second-order valence-corrected chi connectivity index (χ2v) is 9.49. The summed E-state index contributed by atoms with van der Waals surface area (Å²) >= 11 is 5.82. The second kappa shape index (κ2) is 10.9. The lowest BCUT2D eigenvalue weighted by atomic mass is 10.2. The van der Waals surface area contributed by atoms with Crippen molar-refractivity contribution >= 4 is 44.7 Å². The molecule has 3 rings (SSSR count). The molecule has 0 radical (unpaired) electrons. The second-order valence-electron chi connectivity index (χ2n) is 7.29. The van der Waals surface area contributed by atoms with Gasteiger partial charge in [-0.2, -0.15) is 13.2 Å². The Balaban J connectivity index is 1.81. The molecule has 0 fully saturated rings. The van der Waals surface area contributed by atoms with Gasteiger partial charge in [0.1, 0.15) is 0 Å². The first kappa shape index (κ1) is 26.9. The predicted molar refractivity (Wildman–Crippen MR) is 128 cm³/mol. The number of nitrogens with one attached hydrogen (secondary N) is 2. The minimum atomic E-state index is -4.66. The Hall–Kier alpha value is -3.68. The fraction of sp³-hybridized carbons (Fsp3) is 0.136. The third-order valence-electron chi connectivity index (χ3n) is 4.81. The summed E-state index contributed by atoms with van der Waals surface area (Å²) in [4.78, 5) is 23.7. The summed E-state index contributed by atoms with van der Waals surface area (Å²) in [6.07, 6.45) is -4.66. The van der Waals surface area contributed by atoms with E-state index in [1.165, 1.54) is 30.3 Å². The molecule has 0 aliphatic carbocycles. The summed E-state index contributed by atoms with van der Waals surface area (Å²) in [6.45, 7) is -0.712. The monoisotopic (exact) mass is 542 g/mol. The van der Waals surface area contributed by atoms with Crippen molar-refractivity contribution in [3.05, 3.63) is 93.5 Å². The van der Waals surface area contributed by atoms with Crippen molar-refractivity contribution < 1.29 is 31.3 Å². The maximum atomic E-state index is 13.2. The number of benzene rings is 3. The van der Waals surface area contributed by atoms with Crippen LogP contribution in [0.5, 0.6) is 0 Å². The van der Waals surface area contributed by atoms with E-state index in [9.17, 15) is 36.5 Å². The molecule has 0 unspecified atom stereocenters. The quantitative estimate of drug-likeness (QED) is 0.296. The van der Waals surface area contributed by atoms with Crippen LogP contribution in [0.1, 0.15) is 5.56 Å². The number of hydrogen-bond donors (Lipinski definition) is 2. The van der Waals surface area contributed by atoms with Gasteiger partial charge in [-0.1, -0.05) is 17.7 Å². The molecule has 190 valence electrons. The number of carbonyl (C=O) groups excluding carboxylic acids is 1. The summed E-state index contributed by atoms with van der Waals surface area (Å²) in [7, 11) is -4.13. The van der Waals surface area contributed by atoms with Gasteiger partial charge in [-0.05, 0) is 54.6 Å². The molecule has 0 heterocycles. The minimum absolute atomic E-state index is 0.120. The van der Waals surface area contributed by atoms with Crippen LogP contribution in [0.25, 0.3) is 0 Å². The Morgan fingerprint density at radius 1 is 1.03 bits per heavy atom. The van der Waals surface area contributed by atoms with Crippen molar-refractivity contribution in [2.75, 3.05) is 23.3 Å². The van der Waals surface area contributed by atoms with Crippen LogP contribution in [-0.4, -0.2) is 32.5 Å². The normalized spacial score (nSPS) is 11.7. The van der Waals surface area contributed by atoms with Crippen LogP contribution >= 0.6 is 11.6 Å². The van der Waals surface area contributed by atoms with Crippen LogP contribution < -0.4 is 14.9 Å². The maximum Gasteiger partial charge on any atom is 0.416 e. The van der Waals surface area contributed by atoms with E-state index in [0.717, 1.165) is 47.4 Å². The smallest absolute Gasteiger partial charge is 0.308 e. The molecule has 0 aliphatic heterocycles. The van der Waals surface area contributed by atoms with Crippen LogP contribution in [0, 0.1) is 10.1 Å². The third-order valence-corrected chi connectivity index (χ3v) is 6.54. The molecule has 14 heteroatoms. The number of nitrogens with zero attached hydrogens (tertiary/aromatic N) is 2. The summed E-state index contributed by atoms with van der Waals surface area (Å²) in [5.41, 5.74) is -1.10. The zero-order valence-corrected chi connectivity index (χ0v) is 19.8. The first-order valence-electron chi connectivity index (χ1n) is 10.1. The van der Waals surface area contributed by atoms with Crippen molar-refractivity contribution in [2.24, 2.45) is 0 Å². The Kier molecular flexibility index (Phi) is 8.17. The Bertz CT molecular complexity index is 1350. The lowest BCUT2D eigenvalue weighted by Crippen LogP contribution is -2.41. The average Bonchev–Trinajstić information content (AvgIpc) is 2.83. The van der Waals surface area contributed by atoms with Crippen LogP contribution in [-0.2, 0) is 16.2 Å². The van der Waals surface area contributed by atoms with E-state index < -0.39 is 32.7 Å². The van der Waals surface area contributed by atoms with Gasteiger partial charge in [-0.3, -0.25) is 15.0 Å². The molecule has 3 aromatic rings. The highest BCUT2D eigenvalue weighted by Crippen LogP contribution is 2.32. The van der Waals surface area contributed by atoms with Gasteiger partial charge < -0.3 is 5.32 Å². The number of sulfonamides is 1. The first-order valence-corrected chi connectivity index (χ1v) is 12.0. The van der Waals surface area contributed by atoms with E-state index in [-0.39, 0.29) is 29.4 Å². The Morgan fingerprint density at radius 3 is 2.25 bits per heavy atom. The van der Waals surface area contributed by atoms with Gasteiger partial charge in [0.2, 0.25) is 10.0 Å². The molecule has 36 heavy (non-hydrogen) atoms. The number of hydrogen-bond acceptors (Lipinski definition) is 5. The summed E-state index contributed by atoms with van der Waals surface area (Å²) in [5.74, 6) is 0. The molecule has 0 aromatic heterocycles. The average molecular weight is 543 g/mol. The Morgan fingerprint density at radius 2 is 1.67 bits per heavy atom. The first-order chi connectivity index (χ1) is 16.9. The Labute approximate surface area is 208 Å². The highest BCUT2D eigenvalue weighted by Gasteiger charge is 2.31. The number of alkyl halides is 3. The highest BCUT2D eigenvalue weighted by molar-refractivity contribution is 7.89. The number of rotatable bonds is 8. The van der Waals surface area contributed by atoms with Gasteiger partial charge in [-0.25, -0.2) is 17.9 Å². The molecule has 2 N–H and O–H groups in total. The molecule has 9 nitrogen and oxygen atoms in total. The van der Waals surface area contributed by atoms with Gasteiger partial charge in [0.05, 0.1) is 15.4 Å². The zero-order chi connectivity index (χ0) is 26.5. The number of non-ortho nitro benzene ring substituents is 1. The summed E-state index contributed by atoms with van der Waals surface area (Å²) in [6, 6.07) is 13.3. The molecule has 0 saturated heterocycles. The van der Waals surface area contributed by atoms with Crippen molar-refractivity contribution in [1.29, 1.82) is 0 Å². The number of halogens is 4. The van der Waals surface area contributed by atoms with Crippen molar-refractivity contribution in [3.8, 4) is 0 Å².